The molecular weight excluding hydrogens is 296 g/mol. The zero-order chi connectivity index (χ0) is 16.7. The molecule has 1 aromatic rings. The number of hydrogen-bond acceptors (Lipinski definition) is 6. The minimum Gasteiger partial charge on any atom is -0.497 e. The van der Waals surface area contributed by atoms with E-state index in [2.05, 4.69) is 16.8 Å². The Labute approximate surface area is 138 Å². The topological polar surface area (TPSA) is 54.4 Å². The first-order valence-electron chi connectivity index (χ1n) is 8.00. The van der Waals surface area contributed by atoms with Gasteiger partial charge in [-0.05, 0) is 25.2 Å². The fourth-order valence-corrected chi connectivity index (χ4v) is 2.68. The number of β-amino-alcohol motifs (C(OH)–C–C–N with tert-alkyl or cyclic N) is 1. The van der Waals surface area contributed by atoms with Crippen molar-refractivity contribution < 1.29 is 19.3 Å². The van der Waals surface area contributed by atoms with Crippen molar-refractivity contribution in [2.24, 2.45) is 0 Å². The van der Waals surface area contributed by atoms with Crippen LogP contribution in [-0.4, -0.2) is 81.6 Å². The number of nitrogens with zero attached hydrogens (tertiary/aromatic N) is 2. The van der Waals surface area contributed by atoms with Crippen LogP contribution in [0.25, 0.3) is 0 Å². The van der Waals surface area contributed by atoms with Gasteiger partial charge in [0.05, 0.1) is 33.5 Å². The van der Waals surface area contributed by atoms with Gasteiger partial charge >= 0.3 is 0 Å². The molecule has 0 spiro atoms. The Morgan fingerprint density at radius 1 is 1.13 bits per heavy atom. The second-order valence-corrected chi connectivity index (χ2v) is 5.95. The number of ether oxygens (including phenoxy) is 3. The van der Waals surface area contributed by atoms with Gasteiger partial charge in [-0.1, -0.05) is 0 Å². The van der Waals surface area contributed by atoms with Crippen LogP contribution < -0.4 is 9.47 Å². The Morgan fingerprint density at radius 3 is 2.52 bits per heavy atom. The van der Waals surface area contributed by atoms with Crippen molar-refractivity contribution in [3.8, 4) is 11.5 Å². The van der Waals surface area contributed by atoms with E-state index >= 15 is 0 Å². The smallest absolute Gasteiger partial charge is 0.124 e. The van der Waals surface area contributed by atoms with Crippen LogP contribution in [0.1, 0.15) is 5.56 Å². The van der Waals surface area contributed by atoms with Crippen LogP contribution in [0.3, 0.4) is 0 Å². The van der Waals surface area contributed by atoms with Gasteiger partial charge in [0.15, 0.2) is 0 Å². The second kappa shape index (κ2) is 9.08. The highest BCUT2D eigenvalue weighted by molar-refractivity contribution is 5.39. The van der Waals surface area contributed by atoms with E-state index in [-0.39, 0.29) is 0 Å². The zero-order valence-electron chi connectivity index (χ0n) is 14.3. The van der Waals surface area contributed by atoms with Gasteiger partial charge in [-0.2, -0.15) is 0 Å². The number of aliphatic hydroxyl groups excluding tert-OH is 1. The van der Waals surface area contributed by atoms with E-state index in [1.807, 2.05) is 18.2 Å². The van der Waals surface area contributed by atoms with E-state index in [0.29, 0.717) is 19.8 Å². The average molecular weight is 324 g/mol. The molecule has 23 heavy (non-hydrogen) atoms. The number of methoxy groups -OCH3 is 2. The number of likely N-dealkylation sites (N-methyl/N-ethyl adjacent to an activating group) is 1. The van der Waals surface area contributed by atoms with Crippen molar-refractivity contribution in [3.63, 3.8) is 0 Å². The van der Waals surface area contributed by atoms with Crippen molar-refractivity contribution in [2.75, 3.05) is 60.6 Å². The molecule has 1 N–H and O–H groups in total. The highest BCUT2D eigenvalue weighted by atomic mass is 16.5. The highest BCUT2D eigenvalue weighted by Crippen LogP contribution is 2.24. The van der Waals surface area contributed by atoms with Crippen molar-refractivity contribution in [2.45, 2.75) is 12.7 Å². The largest absolute Gasteiger partial charge is 0.497 e. The average Bonchev–Trinajstić information content (AvgIpc) is 2.57. The first-order chi connectivity index (χ1) is 11.1. The van der Waals surface area contributed by atoms with Crippen LogP contribution in [0.4, 0.5) is 0 Å². The van der Waals surface area contributed by atoms with E-state index in [4.69, 9.17) is 14.2 Å². The van der Waals surface area contributed by atoms with Crippen molar-refractivity contribution >= 4 is 0 Å². The van der Waals surface area contributed by atoms with Crippen LogP contribution >= 0.6 is 0 Å². The third kappa shape index (κ3) is 5.66. The number of rotatable bonds is 8. The molecule has 1 aromatic carbocycles. The summed E-state index contributed by atoms with van der Waals surface area (Å²) in [5, 5.41) is 10.1. The van der Waals surface area contributed by atoms with Crippen LogP contribution in [0.2, 0.25) is 0 Å². The molecule has 1 heterocycles. The maximum Gasteiger partial charge on any atom is 0.124 e. The molecule has 0 amide bonds. The second-order valence-electron chi connectivity index (χ2n) is 5.95. The van der Waals surface area contributed by atoms with E-state index in [9.17, 15) is 5.11 Å². The summed E-state index contributed by atoms with van der Waals surface area (Å²) >= 11 is 0. The molecule has 0 aliphatic carbocycles. The third-order valence-corrected chi connectivity index (χ3v) is 4.12. The lowest BCUT2D eigenvalue weighted by Crippen LogP contribution is -2.47. The summed E-state index contributed by atoms with van der Waals surface area (Å²) in [6.07, 6.45) is -0.477. The summed E-state index contributed by atoms with van der Waals surface area (Å²) in [7, 11) is 5.39. The lowest BCUT2D eigenvalue weighted by atomic mass is 10.2. The van der Waals surface area contributed by atoms with E-state index in [1.54, 1.807) is 14.2 Å². The van der Waals surface area contributed by atoms with Gasteiger partial charge in [-0.15, -0.1) is 0 Å². The lowest BCUT2D eigenvalue weighted by molar-refractivity contribution is 0.00252. The molecule has 1 saturated heterocycles. The van der Waals surface area contributed by atoms with E-state index in [1.165, 1.54) is 0 Å². The molecular formula is C17H28N2O4. The summed E-state index contributed by atoms with van der Waals surface area (Å²) < 4.78 is 16.2. The van der Waals surface area contributed by atoms with E-state index in [0.717, 1.165) is 43.2 Å². The van der Waals surface area contributed by atoms with Crippen LogP contribution in [0.15, 0.2) is 18.2 Å². The molecule has 1 fully saturated rings. The Balaban J connectivity index is 1.75. The van der Waals surface area contributed by atoms with Gasteiger partial charge < -0.3 is 24.2 Å². The van der Waals surface area contributed by atoms with Gasteiger partial charge in [-0.25, -0.2) is 0 Å². The molecule has 0 radical (unpaired) electrons. The molecule has 1 aliphatic rings. The van der Waals surface area contributed by atoms with Crippen LogP contribution in [0, 0.1) is 0 Å². The predicted octanol–water partition coefficient (Wildman–Crippen LogP) is 0.829. The molecule has 1 aliphatic heterocycles. The summed E-state index contributed by atoms with van der Waals surface area (Å²) in [6, 6.07) is 5.61. The van der Waals surface area contributed by atoms with Crippen LogP contribution in [-0.2, 0) is 11.3 Å². The number of aliphatic hydroxyl groups is 1. The first kappa shape index (κ1) is 18.0. The Kier molecular flexibility index (Phi) is 7.11. The molecule has 130 valence electrons. The maximum atomic E-state index is 10.1. The molecule has 1 unspecified atom stereocenters. The lowest BCUT2D eigenvalue weighted by Gasteiger charge is -2.33. The fourth-order valence-electron chi connectivity index (χ4n) is 2.68. The fraction of sp³-hybridized carbons (Fsp3) is 0.647. The Morgan fingerprint density at radius 2 is 1.87 bits per heavy atom. The number of hydrogen-bond donors (Lipinski definition) is 1. The van der Waals surface area contributed by atoms with Crippen molar-refractivity contribution in [1.29, 1.82) is 0 Å². The van der Waals surface area contributed by atoms with Crippen LogP contribution in [0.5, 0.6) is 11.5 Å². The van der Waals surface area contributed by atoms with Crippen molar-refractivity contribution in [3.05, 3.63) is 23.8 Å². The zero-order valence-corrected chi connectivity index (χ0v) is 14.3. The molecule has 6 heteroatoms. The molecule has 0 saturated carbocycles. The molecule has 0 bridgehead atoms. The monoisotopic (exact) mass is 324 g/mol. The SMILES string of the molecule is COc1ccc(OC)c(COCC(O)CN2CCN(C)CC2)c1. The summed E-state index contributed by atoms with van der Waals surface area (Å²) in [5.41, 5.74) is 0.915. The van der Waals surface area contributed by atoms with Gasteiger partial charge in [0.1, 0.15) is 11.5 Å². The van der Waals surface area contributed by atoms with Crippen molar-refractivity contribution in [1.82, 2.24) is 9.80 Å². The molecule has 6 nitrogen and oxygen atoms in total. The van der Waals surface area contributed by atoms with Gasteiger partial charge in [0.2, 0.25) is 0 Å². The standard InChI is InChI=1S/C17H28N2O4/c1-18-6-8-19(9-7-18)11-15(20)13-23-12-14-10-16(21-2)4-5-17(14)22-3/h4-5,10,15,20H,6-9,11-13H2,1-3H3. The normalized spacial score (nSPS) is 17.9. The summed E-state index contributed by atoms with van der Waals surface area (Å²) in [6.45, 7) is 5.45. The quantitative estimate of drug-likeness (QED) is 0.764. The highest BCUT2D eigenvalue weighted by Gasteiger charge is 2.17. The minimum atomic E-state index is -0.477. The molecule has 1 atom stereocenters. The summed E-state index contributed by atoms with van der Waals surface area (Å²) in [5.74, 6) is 1.53. The predicted molar refractivity (Wildman–Crippen MR) is 89.1 cm³/mol. The Bertz CT molecular complexity index is 476. The number of piperazine rings is 1. The molecule has 2 rings (SSSR count). The van der Waals surface area contributed by atoms with Gasteiger partial charge in [0.25, 0.3) is 0 Å². The third-order valence-electron chi connectivity index (χ3n) is 4.12. The Hall–Kier alpha value is -1.34. The van der Waals surface area contributed by atoms with E-state index < -0.39 is 6.10 Å². The minimum absolute atomic E-state index is 0.312. The first-order valence-corrected chi connectivity index (χ1v) is 8.00. The van der Waals surface area contributed by atoms with Gasteiger partial charge in [-0.3, -0.25) is 4.90 Å². The maximum absolute atomic E-state index is 10.1. The molecule has 0 aromatic heterocycles. The van der Waals surface area contributed by atoms with Gasteiger partial charge in [0, 0.05) is 38.3 Å². The number of benzene rings is 1. The summed E-state index contributed by atoms with van der Waals surface area (Å²) in [4.78, 5) is 4.58.